The third-order valence-corrected chi connectivity index (χ3v) is 6.07. The van der Waals surface area contributed by atoms with Gasteiger partial charge < -0.3 is 24.3 Å². The molecule has 35 heavy (non-hydrogen) atoms. The maximum atomic E-state index is 13.3. The Kier molecular flexibility index (Phi) is 7.63. The number of benzene rings is 3. The number of nitrogens with one attached hydrogen (secondary N) is 1. The standard InChI is InChI=1S/C29H34FNO4/c1-19(2)34-27-25-16-23(31-17-20-8-13-24(32-5)14-9-20)12-15-26(25)35-29(3,4)28(27)33-18-21-6-10-22(30)11-7-21/h6-16,19,27-28,31H,17-18H2,1-5H3. The summed E-state index contributed by atoms with van der Waals surface area (Å²) in [4.78, 5) is 0. The molecule has 0 saturated heterocycles. The van der Waals surface area contributed by atoms with E-state index in [1.807, 2.05) is 64.1 Å². The van der Waals surface area contributed by atoms with Gasteiger partial charge in [0.05, 0.1) is 19.8 Å². The lowest BCUT2D eigenvalue weighted by Crippen LogP contribution is -2.51. The smallest absolute Gasteiger partial charge is 0.132 e. The van der Waals surface area contributed by atoms with E-state index in [-0.39, 0.29) is 24.1 Å². The molecular weight excluding hydrogens is 445 g/mol. The summed E-state index contributed by atoms with van der Waals surface area (Å²) < 4.78 is 37.7. The quantitative estimate of drug-likeness (QED) is 0.371. The normalized spacial score (nSPS) is 18.6. The van der Waals surface area contributed by atoms with Gasteiger partial charge in [0.15, 0.2) is 0 Å². The van der Waals surface area contributed by atoms with E-state index in [2.05, 4.69) is 11.4 Å². The number of anilines is 1. The highest BCUT2D eigenvalue weighted by Gasteiger charge is 2.46. The third kappa shape index (κ3) is 6.13. The molecule has 5 nitrogen and oxygen atoms in total. The number of hydrogen-bond donors (Lipinski definition) is 1. The Morgan fingerprint density at radius 1 is 0.971 bits per heavy atom. The van der Waals surface area contributed by atoms with Crippen LogP contribution >= 0.6 is 0 Å². The SMILES string of the molecule is COc1ccc(CNc2ccc3c(c2)C(OC(C)C)C(OCc2ccc(F)cc2)C(C)(C)O3)cc1. The molecule has 4 rings (SSSR count). The van der Waals surface area contributed by atoms with E-state index >= 15 is 0 Å². The van der Waals surface area contributed by atoms with Gasteiger partial charge in [-0.2, -0.15) is 0 Å². The van der Waals surface area contributed by atoms with Crippen molar-refractivity contribution in [1.29, 1.82) is 0 Å². The fourth-order valence-electron chi connectivity index (χ4n) is 4.28. The van der Waals surface area contributed by atoms with E-state index in [1.54, 1.807) is 19.2 Å². The maximum absolute atomic E-state index is 13.3. The number of methoxy groups -OCH3 is 1. The molecular formula is C29H34FNO4. The second-order valence-corrected chi connectivity index (χ2v) is 9.62. The summed E-state index contributed by atoms with van der Waals surface area (Å²) in [7, 11) is 1.66. The van der Waals surface area contributed by atoms with Crippen LogP contribution in [0.25, 0.3) is 0 Å². The lowest BCUT2D eigenvalue weighted by atomic mass is 9.87. The van der Waals surface area contributed by atoms with E-state index in [0.717, 1.165) is 33.9 Å². The van der Waals surface area contributed by atoms with Crippen LogP contribution in [0, 0.1) is 5.82 Å². The van der Waals surface area contributed by atoms with Gasteiger partial charge in [-0.25, -0.2) is 4.39 Å². The summed E-state index contributed by atoms with van der Waals surface area (Å²) >= 11 is 0. The van der Waals surface area contributed by atoms with E-state index in [0.29, 0.717) is 13.2 Å². The Morgan fingerprint density at radius 3 is 2.31 bits per heavy atom. The Hall–Kier alpha value is -3.09. The van der Waals surface area contributed by atoms with Crippen molar-refractivity contribution in [3.05, 3.63) is 89.2 Å². The van der Waals surface area contributed by atoms with Gasteiger partial charge in [0.2, 0.25) is 0 Å². The van der Waals surface area contributed by atoms with Crippen LogP contribution in [0.5, 0.6) is 11.5 Å². The van der Waals surface area contributed by atoms with Gasteiger partial charge in [0.25, 0.3) is 0 Å². The summed E-state index contributed by atoms with van der Waals surface area (Å²) in [6.45, 7) is 9.07. The van der Waals surface area contributed by atoms with Gasteiger partial charge in [-0.15, -0.1) is 0 Å². The van der Waals surface area contributed by atoms with Crippen molar-refractivity contribution in [2.75, 3.05) is 12.4 Å². The van der Waals surface area contributed by atoms with E-state index in [9.17, 15) is 4.39 Å². The van der Waals surface area contributed by atoms with Crippen molar-refractivity contribution in [3.8, 4) is 11.5 Å². The molecule has 0 bridgehead atoms. The minimum atomic E-state index is -0.620. The molecule has 1 heterocycles. The molecule has 1 N–H and O–H groups in total. The molecule has 0 spiro atoms. The Bertz CT molecular complexity index is 1110. The number of hydrogen-bond acceptors (Lipinski definition) is 5. The molecule has 0 fully saturated rings. The lowest BCUT2D eigenvalue weighted by Gasteiger charge is -2.45. The molecule has 1 aliphatic heterocycles. The monoisotopic (exact) mass is 479 g/mol. The van der Waals surface area contributed by atoms with Gasteiger partial charge in [-0.1, -0.05) is 24.3 Å². The predicted octanol–water partition coefficient (Wildman–Crippen LogP) is 6.67. The average molecular weight is 480 g/mol. The van der Waals surface area contributed by atoms with Gasteiger partial charge in [-0.3, -0.25) is 0 Å². The molecule has 0 radical (unpaired) electrons. The fraction of sp³-hybridized carbons (Fsp3) is 0.379. The molecule has 2 atom stereocenters. The van der Waals surface area contributed by atoms with E-state index in [1.165, 1.54) is 12.1 Å². The zero-order valence-corrected chi connectivity index (χ0v) is 21.0. The summed E-state index contributed by atoms with van der Waals surface area (Å²) in [6, 6.07) is 20.4. The topological polar surface area (TPSA) is 49.0 Å². The molecule has 1 aliphatic rings. The summed E-state index contributed by atoms with van der Waals surface area (Å²) in [6.07, 6.45) is -0.689. The maximum Gasteiger partial charge on any atom is 0.132 e. The molecule has 0 aliphatic carbocycles. The van der Waals surface area contributed by atoms with E-state index < -0.39 is 5.60 Å². The minimum Gasteiger partial charge on any atom is -0.497 e. The summed E-state index contributed by atoms with van der Waals surface area (Å²) in [5.74, 6) is 1.36. The Labute approximate surface area is 207 Å². The van der Waals surface area contributed by atoms with Crippen molar-refractivity contribution < 1.29 is 23.3 Å². The van der Waals surface area contributed by atoms with Crippen LogP contribution in [0.3, 0.4) is 0 Å². The molecule has 186 valence electrons. The highest BCUT2D eigenvalue weighted by atomic mass is 19.1. The second-order valence-electron chi connectivity index (χ2n) is 9.62. The van der Waals surface area contributed by atoms with Crippen molar-refractivity contribution in [3.63, 3.8) is 0 Å². The van der Waals surface area contributed by atoms with E-state index in [4.69, 9.17) is 18.9 Å². The van der Waals surface area contributed by atoms with Gasteiger partial charge >= 0.3 is 0 Å². The van der Waals surface area contributed by atoms with Crippen molar-refractivity contribution >= 4 is 5.69 Å². The van der Waals surface area contributed by atoms with Crippen LogP contribution in [-0.2, 0) is 22.6 Å². The predicted molar refractivity (Wildman–Crippen MR) is 135 cm³/mol. The fourth-order valence-corrected chi connectivity index (χ4v) is 4.28. The molecule has 3 aromatic carbocycles. The molecule has 6 heteroatoms. The van der Waals surface area contributed by atoms with Crippen LogP contribution < -0.4 is 14.8 Å². The number of halogens is 1. The molecule has 3 aromatic rings. The Balaban J connectivity index is 1.56. The van der Waals surface area contributed by atoms with Gasteiger partial charge in [-0.05, 0) is 81.3 Å². The van der Waals surface area contributed by atoms with Gasteiger partial charge in [0, 0.05) is 17.8 Å². The first-order valence-corrected chi connectivity index (χ1v) is 12.0. The molecule has 0 saturated carbocycles. The first-order valence-electron chi connectivity index (χ1n) is 12.0. The summed E-state index contributed by atoms with van der Waals surface area (Å²) in [5.41, 5.74) is 3.34. The first kappa shape index (κ1) is 25.0. The molecule has 0 aromatic heterocycles. The van der Waals surface area contributed by atoms with Crippen LogP contribution in [-0.4, -0.2) is 24.9 Å². The number of ether oxygens (including phenoxy) is 4. The van der Waals surface area contributed by atoms with Crippen LogP contribution in [0.4, 0.5) is 10.1 Å². The van der Waals surface area contributed by atoms with Crippen LogP contribution in [0.1, 0.15) is 50.5 Å². The number of fused-ring (bicyclic) bond motifs is 1. The average Bonchev–Trinajstić information content (AvgIpc) is 2.83. The van der Waals surface area contributed by atoms with Crippen molar-refractivity contribution in [1.82, 2.24) is 0 Å². The zero-order valence-electron chi connectivity index (χ0n) is 21.0. The van der Waals surface area contributed by atoms with Crippen LogP contribution in [0.15, 0.2) is 66.7 Å². The largest absolute Gasteiger partial charge is 0.497 e. The highest BCUT2D eigenvalue weighted by molar-refractivity contribution is 5.54. The lowest BCUT2D eigenvalue weighted by molar-refractivity contribution is -0.177. The number of rotatable bonds is 9. The highest BCUT2D eigenvalue weighted by Crippen LogP contribution is 2.45. The molecule has 0 amide bonds. The van der Waals surface area contributed by atoms with Crippen molar-refractivity contribution in [2.45, 2.75) is 64.8 Å². The second kappa shape index (κ2) is 10.7. The van der Waals surface area contributed by atoms with Crippen LogP contribution in [0.2, 0.25) is 0 Å². The minimum absolute atomic E-state index is 0.00501. The summed E-state index contributed by atoms with van der Waals surface area (Å²) in [5, 5.41) is 3.49. The van der Waals surface area contributed by atoms with Crippen molar-refractivity contribution in [2.24, 2.45) is 0 Å². The third-order valence-electron chi connectivity index (χ3n) is 6.07. The zero-order chi connectivity index (χ0) is 25.0. The molecule has 2 unspecified atom stereocenters. The Morgan fingerprint density at radius 2 is 1.66 bits per heavy atom. The van der Waals surface area contributed by atoms with Gasteiger partial charge in [0.1, 0.15) is 35.1 Å². The first-order chi connectivity index (χ1) is 16.7.